The predicted octanol–water partition coefficient (Wildman–Crippen LogP) is 4.82. The zero-order valence-corrected chi connectivity index (χ0v) is 19.4. The van der Waals surface area contributed by atoms with Gasteiger partial charge in [0.1, 0.15) is 12.4 Å². The second kappa shape index (κ2) is 9.53. The van der Waals surface area contributed by atoms with E-state index in [0.717, 1.165) is 26.6 Å². The van der Waals surface area contributed by atoms with Crippen LogP contribution in [0.1, 0.15) is 35.2 Å². The Balaban J connectivity index is 1.92. The molecule has 7 heteroatoms. The maximum absolute atomic E-state index is 13.5. The van der Waals surface area contributed by atoms with Gasteiger partial charge in [-0.25, -0.2) is 12.8 Å². The van der Waals surface area contributed by atoms with E-state index in [0.29, 0.717) is 5.69 Å². The van der Waals surface area contributed by atoms with Crippen molar-refractivity contribution in [2.45, 2.75) is 38.6 Å². The first kappa shape index (κ1) is 23.5. The number of amides is 1. The third-order valence-corrected chi connectivity index (χ3v) is 7.04. The van der Waals surface area contributed by atoms with Crippen LogP contribution in [0.3, 0.4) is 0 Å². The van der Waals surface area contributed by atoms with Crippen molar-refractivity contribution in [1.82, 2.24) is 5.32 Å². The number of nitrogens with zero attached hydrogens (tertiary/aromatic N) is 1. The minimum absolute atomic E-state index is 0.113. The number of aryl methyl sites for hydroxylation is 3. The van der Waals surface area contributed by atoms with Gasteiger partial charge < -0.3 is 5.32 Å². The van der Waals surface area contributed by atoms with E-state index in [-0.39, 0.29) is 17.3 Å². The Morgan fingerprint density at radius 3 is 2.12 bits per heavy atom. The highest BCUT2D eigenvalue weighted by Gasteiger charge is 2.28. The first-order valence-corrected chi connectivity index (χ1v) is 11.7. The summed E-state index contributed by atoms with van der Waals surface area (Å²) >= 11 is 0. The molecule has 0 fully saturated rings. The van der Waals surface area contributed by atoms with Crippen molar-refractivity contribution in [3.63, 3.8) is 0 Å². The Labute approximate surface area is 188 Å². The van der Waals surface area contributed by atoms with E-state index in [1.165, 1.54) is 12.1 Å². The summed E-state index contributed by atoms with van der Waals surface area (Å²) in [5.74, 6) is -0.824. The molecule has 1 amide bonds. The molecular weight excluding hydrogens is 427 g/mol. The van der Waals surface area contributed by atoms with Gasteiger partial charge in [-0.3, -0.25) is 9.10 Å². The third kappa shape index (κ3) is 5.34. The van der Waals surface area contributed by atoms with Crippen molar-refractivity contribution in [1.29, 1.82) is 0 Å². The molecule has 0 saturated carbocycles. The quantitative estimate of drug-likeness (QED) is 0.556. The molecule has 3 aromatic rings. The highest BCUT2D eigenvalue weighted by molar-refractivity contribution is 7.92. The number of anilines is 1. The lowest BCUT2D eigenvalue weighted by molar-refractivity contribution is -0.120. The van der Waals surface area contributed by atoms with Crippen molar-refractivity contribution in [2.24, 2.45) is 0 Å². The Morgan fingerprint density at radius 2 is 1.53 bits per heavy atom. The number of carbonyl (C=O) groups is 1. The molecule has 168 valence electrons. The molecule has 0 heterocycles. The molecule has 0 aliphatic heterocycles. The van der Waals surface area contributed by atoms with Gasteiger partial charge >= 0.3 is 0 Å². The predicted molar refractivity (Wildman–Crippen MR) is 125 cm³/mol. The van der Waals surface area contributed by atoms with Crippen LogP contribution in [0, 0.1) is 26.6 Å². The molecule has 3 rings (SSSR count). The van der Waals surface area contributed by atoms with Crippen LogP contribution < -0.4 is 9.62 Å². The number of benzene rings is 3. The number of carbonyl (C=O) groups excluding carboxylic acids is 1. The average Bonchev–Trinajstić information content (AvgIpc) is 2.73. The van der Waals surface area contributed by atoms with Crippen molar-refractivity contribution in [3.05, 3.63) is 94.8 Å². The molecule has 5 nitrogen and oxygen atoms in total. The van der Waals surface area contributed by atoms with Crippen molar-refractivity contribution < 1.29 is 17.6 Å². The van der Waals surface area contributed by atoms with Crippen molar-refractivity contribution in [3.8, 4) is 0 Å². The van der Waals surface area contributed by atoms with Gasteiger partial charge in [-0.2, -0.15) is 0 Å². The van der Waals surface area contributed by atoms with Crippen LogP contribution in [0.25, 0.3) is 0 Å². The molecule has 32 heavy (non-hydrogen) atoms. The van der Waals surface area contributed by atoms with E-state index < -0.39 is 22.0 Å². The normalized spacial score (nSPS) is 12.3. The summed E-state index contributed by atoms with van der Waals surface area (Å²) in [5, 5.41) is 2.81. The number of hydrogen-bond acceptors (Lipinski definition) is 3. The van der Waals surface area contributed by atoms with E-state index in [9.17, 15) is 17.6 Å². The highest BCUT2D eigenvalue weighted by Crippen LogP contribution is 2.28. The molecule has 0 spiro atoms. The largest absolute Gasteiger partial charge is 0.348 e. The number of nitrogens with one attached hydrogen (secondary N) is 1. The minimum atomic E-state index is -3.98. The molecule has 3 aromatic carbocycles. The maximum Gasteiger partial charge on any atom is 0.264 e. The summed E-state index contributed by atoms with van der Waals surface area (Å²) in [6.45, 7) is 7.00. The van der Waals surface area contributed by atoms with Crippen molar-refractivity contribution >= 4 is 21.6 Å². The molecule has 1 atom stereocenters. The maximum atomic E-state index is 13.5. The second-order valence-corrected chi connectivity index (χ2v) is 9.82. The van der Waals surface area contributed by atoms with Crippen LogP contribution >= 0.6 is 0 Å². The molecule has 0 radical (unpaired) electrons. The number of hydrogen-bond donors (Lipinski definition) is 1. The van der Waals surface area contributed by atoms with Gasteiger partial charge in [-0.15, -0.1) is 0 Å². The van der Waals surface area contributed by atoms with Crippen LogP contribution in [-0.2, 0) is 14.8 Å². The fraction of sp³-hybridized carbons (Fsp3) is 0.240. The van der Waals surface area contributed by atoms with Gasteiger partial charge in [0.05, 0.1) is 16.6 Å². The molecule has 0 unspecified atom stereocenters. The molecule has 0 bridgehead atoms. The van der Waals surface area contributed by atoms with Crippen LogP contribution in [0.5, 0.6) is 0 Å². The molecule has 0 aliphatic carbocycles. The summed E-state index contributed by atoms with van der Waals surface area (Å²) < 4.78 is 41.4. The van der Waals surface area contributed by atoms with Gasteiger partial charge in [0.25, 0.3) is 10.0 Å². The van der Waals surface area contributed by atoms with E-state index >= 15 is 0 Å². The zero-order valence-electron chi connectivity index (χ0n) is 18.6. The van der Waals surface area contributed by atoms with E-state index in [4.69, 9.17) is 0 Å². The molecule has 0 aliphatic rings. The Kier molecular flexibility index (Phi) is 6.99. The topological polar surface area (TPSA) is 66.5 Å². The van der Waals surface area contributed by atoms with Gasteiger partial charge in [0, 0.05) is 0 Å². The molecule has 0 saturated heterocycles. The van der Waals surface area contributed by atoms with Gasteiger partial charge in [0.2, 0.25) is 5.91 Å². The summed E-state index contributed by atoms with van der Waals surface area (Å²) in [5.41, 5.74) is 3.85. The van der Waals surface area contributed by atoms with Crippen molar-refractivity contribution in [2.75, 3.05) is 10.8 Å². The third-order valence-electron chi connectivity index (χ3n) is 5.26. The van der Waals surface area contributed by atoms with E-state index in [1.54, 1.807) is 49.4 Å². The number of halogens is 1. The van der Waals surface area contributed by atoms with Gasteiger partial charge in [-0.05, 0) is 69.2 Å². The smallest absolute Gasteiger partial charge is 0.264 e. The van der Waals surface area contributed by atoms with Crippen LogP contribution in [0.4, 0.5) is 10.1 Å². The summed E-state index contributed by atoms with van der Waals surface area (Å²) in [6, 6.07) is 17.4. The molecular formula is C25H27FN2O3S. The lowest BCUT2D eigenvalue weighted by Gasteiger charge is -2.26. The number of sulfonamides is 1. The molecule has 0 aromatic heterocycles. The van der Waals surface area contributed by atoms with E-state index in [2.05, 4.69) is 5.32 Å². The number of rotatable bonds is 7. The zero-order chi connectivity index (χ0) is 23.5. The second-order valence-electron chi connectivity index (χ2n) is 7.96. The van der Waals surface area contributed by atoms with Crippen LogP contribution in [-0.4, -0.2) is 20.9 Å². The Bertz CT molecular complexity index is 1210. The summed E-state index contributed by atoms with van der Waals surface area (Å²) in [6.07, 6.45) is 0. The average molecular weight is 455 g/mol. The SMILES string of the molecule is Cc1ccc(S(=O)(=O)N(CC(=O)N[C@@H](C)c2ccc(F)cc2)c2ccc(C)cc2C)cc1. The molecule has 1 N–H and O–H groups in total. The van der Waals surface area contributed by atoms with Crippen LogP contribution in [0.2, 0.25) is 0 Å². The summed E-state index contributed by atoms with van der Waals surface area (Å²) in [4.78, 5) is 13.0. The fourth-order valence-corrected chi connectivity index (χ4v) is 4.96. The first-order chi connectivity index (χ1) is 15.1. The summed E-state index contributed by atoms with van der Waals surface area (Å²) in [7, 11) is -3.98. The van der Waals surface area contributed by atoms with E-state index in [1.807, 2.05) is 32.9 Å². The van der Waals surface area contributed by atoms with Crippen LogP contribution in [0.15, 0.2) is 71.6 Å². The Hall–Kier alpha value is -3.19. The first-order valence-electron chi connectivity index (χ1n) is 10.3. The lowest BCUT2D eigenvalue weighted by atomic mass is 10.1. The minimum Gasteiger partial charge on any atom is -0.348 e. The fourth-order valence-electron chi connectivity index (χ4n) is 3.47. The lowest BCUT2D eigenvalue weighted by Crippen LogP contribution is -2.42. The monoisotopic (exact) mass is 454 g/mol. The van der Waals surface area contributed by atoms with Gasteiger partial charge in [0.15, 0.2) is 0 Å². The highest BCUT2D eigenvalue weighted by atomic mass is 32.2. The standard InChI is InChI=1S/C25H27FN2O3S/c1-17-5-12-23(13-6-17)32(30,31)28(24-14-7-18(2)15-19(24)3)16-25(29)27-20(4)21-8-10-22(26)11-9-21/h5-15,20H,16H2,1-4H3,(H,27,29)/t20-/m0/s1. The van der Waals surface area contributed by atoms with Gasteiger partial charge in [-0.1, -0.05) is 47.5 Å². The Morgan fingerprint density at radius 1 is 0.938 bits per heavy atom.